The van der Waals surface area contributed by atoms with Gasteiger partial charge in [0.1, 0.15) is 12.1 Å². The van der Waals surface area contributed by atoms with Crippen molar-refractivity contribution in [2.24, 2.45) is 16.5 Å². The van der Waals surface area contributed by atoms with E-state index < -0.39 is 54.6 Å². The fraction of sp³-hybridized carbons (Fsp3) is 0.667. The molecule has 1 rings (SSSR count). The highest BCUT2D eigenvalue weighted by atomic mass is 33.1. The molecule has 1 fully saturated rings. The highest BCUT2D eigenvalue weighted by Crippen LogP contribution is 2.23. The molecule has 0 spiro atoms. The van der Waals surface area contributed by atoms with E-state index in [-0.39, 0.29) is 25.6 Å². The van der Waals surface area contributed by atoms with Crippen molar-refractivity contribution in [3.63, 3.8) is 0 Å². The van der Waals surface area contributed by atoms with Crippen LogP contribution in [0.25, 0.3) is 0 Å². The quantitative estimate of drug-likeness (QED) is 0.0458. The highest BCUT2D eigenvalue weighted by Gasteiger charge is 2.25. The number of guanidine groups is 1. The average molecular weight is 553 g/mol. The summed E-state index contributed by atoms with van der Waals surface area (Å²) in [7, 11) is 3.47. The maximum absolute atomic E-state index is 12.6. The number of aliphatic imine (C=N–C) groups is 1. The lowest BCUT2D eigenvalue weighted by Crippen LogP contribution is -2.54. The average Bonchev–Trinajstić information content (AvgIpc) is 3.06. The Kier molecular flexibility index (Phi) is 15.0. The van der Waals surface area contributed by atoms with Crippen molar-refractivity contribution >= 4 is 69.8 Å². The Morgan fingerprint density at radius 2 is 1.57 bits per heavy atom. The molecule has 35 heavy (non-hydrogen) atoms. The van der Waals surface area contributed by atoms with E-state index in [1.54, 1.807) is 21.6 Å². The van der Waals surface area contributed by atoms with Gasteiger partial charge in [0.2, 0.25) is 23.6 Å². The van der Waals surface area contributed by atoms with Crippen molar-refractivity contribution in [1.29, 1.82) is 0 Å². The number of carboxylic acid groups (broad SMARTS) is 1. The SMILES string of the molecule is NC(N)=NC[C@H](NC(=O)CN1CCSSCC1)C(=O)NCC(=O)N[C@@H](CC(=O)O)C(=O)NCCS. The van der Waals surface area contributed by atoms with E-state index in [2.05, 4.69) is 38.9 Å². The zero-order chi connectivity index (χ0) is 26.2. The summed E-state index contributed by atoms with van der Waals surface area (Å²) in [4.78, 5) is 66.2. The minimum absolute atomic E-state index is 0.0888. The second-order valence-corrected chi connectivity index (χ2v) is 10.4. The van der Waals surface area contributed by atoms with E-state index in [1.807, 2.05) is 4.90 Å². The molecule has 4 amide bonds. The lowest BCUT2D eigenvalue weighted by atomic mass is 10.2. The van der Waals surface area contributed by atoms with Gasteiger partial charge in [0.15, 0.2) is 5.96 Å². The predicted octanol–water partition coefficient (Wildman–Crippen LogP) is -3.44. The summed E-state index contributed by atoms with van der Waals surface area (Å²) in [6, 6.07) is -2.49. The molecule has 17 heteroatoms. The van der Waals surface area contributed by atoms with Crippen LogP contribution in [0.3, 0.4) is 0 Å². The molecule has 0 bridgehead atoms. The maximum atomic E-state index is 12.6. The molecule has 0 aromatic carbocycles. The maximum Gasteiger partial charge on any atom is 0.305 e. The Morgan fingerprint density at radius 1 is 0.971 bits per heavy atom. The molecule has 1 aliphatic rings. The third kappa shape index (κ3) is 13.9. The summed E-state index contributed by atoms with van der Waals surface area (Å²) in [6.45, 7) is 0.923. The smallest absolute Gasteiger partial charge is 0.305 e. The monoisotopic (exact) mass is 552 g/mol. The summed E-state index contributed by atoms with van der Waals surface area (Å²) in [6.07, 6.45) is -0.644. The lowest BCUT2D eigenvalue weighted by Gasteiger charge is -2.22. The van der Waals surface area contributed by atoms with E-state index in [0.29, 0.717) is 5.75 Å². The number of nitrogens with one attached hydrogen (secondary N) is 4. The largest absolute Gasteiger partial charge is 0.481 e. The zero-order valence-corrected chi connectivity index (χ0v) is 21.6. The Bertz CT molecular complexity index is 775. The highest BCUT2D eigenvalue weighted by molar-refractivity contribution is 8.76. The van der Waals surface area contributed by atoms with Crippen molar-refractivity contribution in [3.05, 3.63) is 0 Å². The number of amides is 4. The molecule has 0 saturated carbocycles. The molecule has 9 N–H and O–H groups in total. The van der Waals surface area contributed by atoms with Crippen LogP contribution < -0.4 is 32.7 Å². The van der Waals surface area contributed by atoms with Crippen LogP contribution in [0.5, 0.6) is 0 Å². The van der Waals surface area contributed by atoms with Gasteiger partial charge in [-0.15, -0.1) is 0 Å². The molecule has 0 aliphatic carbocycles. The van der Waals surface area contributed by atoms with Crippen LogP contribution in [0.1, 0.15) is 6.42 Å². The molecule has 0 aromatic rings. The van der Waals surface area contributed by atoms with E-state index >= 15 is 0 Å². The van der Waals surface area contributed by atoms with Crippen LogP contribution >= 0.6 is 34.2 Å². The number of nitrogens with zero attached hydrogens (tertiary/aromatic N) is 2. The van der Waals surface area contributed by atoms with Gasteiger partial charge in [-0.25, -0.2) is 0 Å². The second-order valence-electron chi connectivity index (χ2n) is 7.26. The summed E-state index contributed by atoms with van der Waals surface area (Å²) < 4.78 is 0. The minimum atomic E-state index is -1.33. The number of aliphatic carboxylic acids is 1. The van der Waals surface area contributed by atoms with E-state index in [1.165, 1.54) is 0 Å². The van der Waals surface area contributed by atoms with Gasteiger partial charge >= 0.3 is 5.97 Å². The van der Waals surface area contributed by atoms with Crippen LogP contribution in [-0.4, -0.2) is 114 Å². The number of carboxylic acids is 1. The van der Waals surface area contributed by atoms with Crippen molar-refractivity contribution in [2.75, 3.05) is 56.5 Å². The molecule has 198 valence electrons. The standard InChI is InChI=1S/C18H32N8O6S3/c19-18(20)23-8-12(25-14(28)10-26-2-5-34-35-6-3-26)17(32)22-9-13(27)24-11(7-15(29)30)16(31)21-1-4-33/h11-12,33H,1-10H2,(H,21,31)(H,22,32)(H,24,27)(H,25,28)(H,29,30)(H4,19,20,23)/t11-,12-/m0/s1. The Balaban J connectivity index is 2.68. The van der Waals surface area contributed by atoms with Gasteiger partial charge in [0, 0.05) is 36.9 Å². The van der Waals surface area contributed by atoms with Gasteiger partial charge in [-0.3, -0.25) is 33.9 Å². The number of nitrogens with two attached hydrogens (primary N) is 2. The lowest BCUT2D eigenvalue weighted by molar-refractivity contribution is -0.140. The second kappa shape index (κ2) is 17.1. The first-order valence-electron chi connectivity index (χ1n) is 10.6. The predicted molar refractivity (Wildman–Crippen MR) is 138 cm³/mol. The summed E-state index contributed by atoms with van der Waals surface area (Å²) in [5.41, 5.74) is 10.7. The van der Waals surface area contributed by atoms with Crippen LogP contribution in [0.4, 0.5) is 0 Å². The summed E-state index contributed by atoms with van der Waals surface area (Å²) in [5, 5.41) is 18.6. The number of carbonyl (C=O) groups is 5. The van der Waals surface area contributed by atoms with E-state index in [4.69, 9.17) is 16.6 Å². The minimum Gasteiger partial charge on any atom is -0.481 e. The molecule has 0 radical (unpaired) electrons. The first-order chi connectivity index (χ1) is 16.6. The summed E-state index contributed by atoms with van der Waals surface area (Å²) in [5.74, 6) is -2.10. The zero-order valence-electron chi connectivity index (χ0n) is 19.0. The fourth-order valence-corrected chi connectivity index (χ4v) is 4.94. The first-order valence-corrected chi connectivity index (χ1v) is 13.7. The molecule has 1 aliphatic heterocycles. The van der Waals surface area contributed by atoms with Crippen molar-refractivity contribution in [2.45, 2.75) is 18.5 Å². The van der Waals surface area contributed by atoms with Gasteiger partial charge in [-0.1, -0.05) is 21.6 Å². The number of rotatable bonds is 14. The van der Waals surface area contributed by atoms with Gasteiger partial charge in [0.05, 0.1) is 26.1 Å². The number of carbonyl (C=O) groups excluding carboxylic acids is 4. The normalized spacial score (nSPS) is 15.6. The molecule has 0 unspecified atom stereocenters. The van der Waals surface area contributed by atoms with Gasteiger partial charge < -0.3 is 37.8 Å². The van der Waals surface area contributed by atoms with Crippen molar-refractivity contribution in [3.8, 4) is 0 Å². The number of hydrogen-bond acceptors (Lipinski definition) is 10. The number of thiol groups is 1. The van der Waals surface area contributed by atoms with E-state index in [9.17, 15) is 24.0 Å². The molecule has 1 heterocycles. The Labute approximate surface area is 216 Å². The Hall–Kier alpha value is -2.37. The third-order valence-electron chi connectivity index (χ3n) is 4.41. The van der Waals surface area contributed by atoms with Crippen LogP contribution in [0.15, 0.2) is 4.99 Å². The fourth-order valence-electron chi connectivity index (χ4n) is 2.78. The summed E-state index contributed by atoms with van der Waals surface area (Å²) >= 11 is 3.95. The molecule has 2 atom stereocenters. The van der Waals surface area contributed by atoms with Crippen LogP contribution in [-0.2, 0) is 24.0 Å². The molecule has 0 aromatic heterocycles. The topological polar surface area (TPSA) is 221 Å². The van der Waals surface area contributed by atoms with Gasteiger partial charge in [-0.05, 0) is 0 Å². The van der Waals surface area contributed by atoms with Crippen LogP contribution in [0, 0.1) is 0 Å². The van der Waals surface area contributed by atoms with Crippen molar-refractivity contribution in [1.82, 2.24) is 26.2 Å². The molecule has 14 nitrogen and oxygen atoms in total. The number of hydrogen-bond donors (Lipinski definition) is 8. The molecule has 1 saturated heterocycles. The van der Waals surface area contributed by atoms with Crippen LogP contribution in [0.2, 0.25) is 0 Å². The molecular formula is C18H32N8O6S3. The first kappa shape index (κ1) is 30.7. The third-order valence-corrected chi connectivity index (χ3v) is 6.99. The van der Waals surface area contributed by atoms with E-state index in [0.717, 1.165) is 24.6 Å². The molecular weight excluding hydrogens is 520 g/mol. The Morgan fingerprint density at radius 3 is 2.14 bits per heavy atom. The van der Waals surface area contributed by atoms with Gasteiger partial charge in [0.25, 0.3) is 0 Å². The van der Waals surface area contributed by atoms with Gasteiger partial charge in [-0.2, -0.15) is 12.6 Å². The van der Waals surface area contributed by atoms with Crippen molar-refractivity contribution < 1.29 is 29.1 Å².